The normalized spacial score (nSPS) is 16.3. The zero-order valence-electron chi connectivity index (χ0n) is 14.1. The molecule has 0 aliphatic carbocycles. The first kappa shape index (κ1) is 18.3. The Hall–Kier alpha value is -2.52. The van der Waals surface area contributed by atoms with E-state index in [9.17, 15) is 18.0 Å². The van der Waals surface area contributed by atoms with Gasteiger partial charge < -0.3 is 5.32 Å². The van der Waals surface area contributed by atoms with Crippen molar-refractivity contribution in [2.75, 3.05) is 13.1 Å². The molecule has 1 amide bonds. The van der Waals surface area contributed by atoms with Gasteiger partial charge in [0.1, 0.15) is 6.54 Å². The van der Waals surface area contributed by atoms with E-state index < -0.39 is 15.7 Å². The van der Waals surface area contributed by atoms with Crippen molar-refractivity contribution < 1.29 is 13.2 Å². The molecule has 1 aromatic carbocycles. The smallest absolute Gasteiger partial charge is 0.347 e. The van der Waals surface area contributed by atoms with Crippen LogP contribution >= 0.6 is 0 Å². The quantitative estimate of drug-likeness (QED) is 0.804. The van der Waals surface area contributed by atoms with Crippen LogP contribution in [0.25, 0.3) is 0 Å². The van der Waals surface area contributed by atoms with Gasteiger partial charge in [-0.05, 0) is 31.0 Å². The van der Waals surface area contributed by atoms with Crippen LogP contribution in [0.2, 0.25) is 0 Å². The van der Waals surface area contributed by atoms with E-state index in [-0.39, 0.29) is 23.4 Å². The molecule has 2 heterocycles. The summed E-state index contributed by atoms with van der Waals surface area (Å²) in [6.07, 6.45) is 3.93. The predicted molar refractivity (Wildman–Crippen MR) is 94.9 cm³/mol. The summed E-state index contributed by atoms with van der Waals surface area (Å²) >= 11 is 0. The molecule has 1 N–H and O–H groups in total. The molecule has 138 valence electrons. The molecule has 26 heavy (non-hydrogen) atoms. The molecule has 1 fully saturated rings. The Labute approximate surface area is 151 Å². The van der Waals surface area contributed by atoms with Crippen molar-refractivity contribution in [1.29, 1.82) is 0 Å². The number of hydrogen-bond acceptors (Lipinski definition) is 5. The molecular weight excluding hydrogens is 356 g/mol. The Balaban J connectivity index is 1.55. The van der Waals surface area contributed by atoms with E-state index in [0.29, 0.717) is 25.9 Å². The van der Waals surface area contributed by atoms with E-state index in [4.69, 9.17) is 0 Å². The minimum absolute atomic E-state index is 0.102. The first-order chi connectivity index (χ1) is 12.5. The Bertz CT molecular complexity index is 919. The first-order valence-corrected chi connectivity index (χ1v) is 9.77. The molecule has 1 aliphatic rings. The van der Waals surface area contributed by atoms with Gasteiger partial charge in [0.05, 0.1) is 4.90 Å². The molecule has 0 spiro atoms. The molecular formula is C17H20N4O4S. The Morgan fingerprint density at radius 3 is 2.50 bits per heavy atom. The summed E-state index contributed by atoms with van der Waals surface area (Å²) in [5.74, 6) is -0.288. The highest BCUT2D eigenvalue weighted by Crippen LogP contribution is 2.20. The van der Waals surface area contributed by atoms with Crippen LogP contribution in [-0.4, -0.2) is 47.3 Å². The standard InChI is InChI=1S/C17H20N4O4S/c22-16(13-20-10-4-9-18-17(20)23)19-14-7-11-21(12-8-14)26(24,25)15-5-2-1-3-6-15/h1-6,9-10,14H,7-8,11-13H2,(H,19,22). The SMILES string of the molecule is O=C(Cn1cccnc1=O)NC1CCN(S(=O)(=O)c2ccccc2)CC1. The van der Waals surface area contributed by atoms with Crippen LogP contribution in [0, 0.1) is 0 Å². The van der Waals surface area contributed by atoms with Gasteiger partial charge >= 0.3 is 5.69 Å². The second-order valence-electron chi connectivity index (χ2n) is 6.09. The minimum atomic E-state index is -3.50. The van der Waals surface area contributed by atoms with Crippen LogP contribution in [0.15, 0.2) is 58.5 Å². The van der Waals surface area contributed by atoms with Crippen molar-refractivity contribution >= 4 is 15.9 Å². The number of nitrogens with one attached hydrogen (secondary N) is 1. The molecule has 0 bridgehead atoms. The molecule has 9 heteroatoms. The second-order valence-corrected chi connectivity index (χ2v) is 8.03. The fourth-order valence-electron chi connectivity index (χ4n) is 2.92. The largest absolute Gasteiger partial charge is 0.352 e. The monoisotopic (exact) mass is 376 g/mol. The summed E-state index contributed by atoms with van der Waals surface area (Å²) in [4.78, 5) is 27.5. The minimum Gasteiger partial charge on any atom is -0.352 e. The number of amides is 1. The maximum atomic E-state index is 12.6. The average Bonchev–Trinajstić information content (AvgIpc) is 2.65. The molecule has 0 radical (unpaired) electrons. The van der Waals surface area contributed by atoms with Crippen molar-refractivity contribution in [1.82, 2.24) is 19.2 Å². The lowest BCUT2D eigenvalue weighted by atomic mass is 10.1. The maximum absolute atomic E-state index is 12.6. The molecule has 1 saturated heterocycles. The first-order valence-electron chi connectivity index (χ1n) is 8.33. The number of benzene rings is 1. The van der Waals surface area contributed by atoms with Gasteiger partial charge in [0.15, 0.2) is 0 Å². The van der Waals surface area contributed by atoms with Crippen LogP contribution < -0.4 is 11.0 Å². The predicted octanol–water partition coefficient (Wildman–Crippen LogP) is 0.213. The fourth-order valence-corrected chi connectivity index (χ4v) is 4.41. The third-order valence-corrected chi connectivity index (χ3v) is 6.21. The van der Waals surface area contributed by atoms with E-state index in [1.54, 1.807) is 36.4 Å². The summed E-state index contributed by atoms with van der Waals surface area (Å²) < 4.78 is 27.8. The highest BCUT2D eigenvalue weighted by Gasteiger charge is 2.29. The van der Waals surface area contributed by atoms with Crippen LogP contribution in [-0.2, 0) is 21.4 Å². The zero-order chi connectivity index (χ0) is 18.6. The number of piperidine rings is 1. The zero-order valence-corrected chi connectivity index (χ0v) is 14.9. The third-order valence-electron chi connectivity index (χ3n) is 4.30. The summed E-state index contributed by atoms with van der Waals surface area (Å²) in [5, 5.41) is 2.86. The van der Waals surface area contributed by atoms with E-state index in [1.807, 2.05) is 0 Å². The van der Waals surface area contributed by atoms with Crippen LogP contribution in [0.4, 0.5) is 0 Å². The van der Waals surface area contributed by atoms with E-state index >= 15 is 0 Å². The number of carbonyl (C=O) groups is 1. The van der Waals surface area contributed by atoms with Gasteiger partial charge in [-0.2, -0.15) is 4.31 Å². The summed E-state index contributed by atoms with van der Waals surface area (Å²) in [5.41, 5.74) is -0.480. The van der Waals surface area contributed by atoms with Crippen molar-refractivity contribution in [3.63, 3.8) is 0 Å². The fraction of sp³-hybridized carbons (Fsp3) is 0.353. The van der Waals surface area contributed by atoms with Crippen molar-refractivity contribution in [3.8, 4) is 0 Å². The van der Waals surface area contributed by atoms with Crippen LogP contribution in [0.5, 0.6) is 0 Å². The molecule has 1 aliphatic heterocycles. The number of hydrogen-bond donors (Lipinski definition) is 1. The van der Waals surface area contributed by atoms with Gasteiger partial charge in [-0.25, -0.2) is 18.2 Å². The van der Waals surface area contributed by atoms with E-state index in [0.717, 1.165) is 0 Å². The van der Waals surface area contributed by atoms with Gasteiger partial charge in [0.25, 0.3) is 0 Å². The van der Waals surface area contributed by atoms with Gasteiger partial charge in [0.2, 0.25) is 15.9 Å². The Morgan fingerprint density at radius 2 is 1.85 bits per heavy atom. The highest BCUT2D eigenvalue weighted by atomic mass is 32.2. The van der Waals surface area contributed by atoms with Gasteiger partial charge in [-0.3, -0.25) is 9.36 Å². The molecule has 0 saturated carbocycles. The van der Waals surface area contributed by atoms with Gasteiger partial charge in [-0.1, -0.05) is 18.2 Å². The maximum Gasteiger partial charge on any atom is 0.347 e. The lowest BCUT2D eigenvalue weighted by Gasteiger charge is -2.31. The van der Waals surface area contributed by atoms with Gasteiger partial charge in [0, 0.05) is 31.5 Å². The lowest BCUT2D eigenvalue weighted by molar-refractivity contribution is -0.122. The van der Waals surface area contributed by atoms with E-state index in [2.05, 4.69) is 10.3 Å². The number of sulfonamides is 1. The van der Waals surface area contributed by atoms with Crippen LogP contribution in [0.1, 0.15) is 12.8 Å². The number of rotatable bonds is 5. The highest BCUT2D eigenvalue weighted by molar-refractivity contribution is 7.89. The topological polar surface area (TPSA) is 101 Å². The van der Waals surface area contributed by atoms with Gasteiger partial charge in [-0.15, -0.1) is 0 Å². The summed E-state index contributed by atoms with van der Waals surface area (Å²) in [6.45, 7) is 0.583. The molecule has 0 unspecified atom stereocenters. The third kappa shape index (κ3) is 4.17. The van der Waals surface area contributed by atoms with E-state index in [1.165, 1.54) is 21.3 Å². The summed E-state index contributed by atoms with van der Waals surface area (Å²) in [6, 6.07) is 9.79. The van der Waals surface area contributed by atoms with Crippen LogP contribution in [0.3, 0.4) is 0 Å². The van der Waals surface area contributed by atoms with Crippen molar-refractivity contribution in [2.45, 2.75) is 30.3 Å². The van der Waals surface area contributed by atoms with Crippen molar-refractivity contribution in [3.05, 3.63) is 59.3 Å². The second kappa shape index (κ2) is 7.79. The molecule has 1 aromatic heterocycles. The molecule has 3 rings (SSSR count). The Morgan fingerprint density at radius 1 is 1.15 bits per heavy atom. The van der Waals surface area contributed by atoms with Crippen molar-refractivity contribution in [2.24, 2.45) is 0 Å². The average molecular weight is 376 g/mol. The molecule has 0 atom stereocenters. The summed E-state index contributed by atoms with van der Waals surface area (Å²) in [7, 11) is -3.50. The number of aromatic nitrogens is 2. The Kier molecular flexibility index (Phi) is 5.48. The number of carbonyl (C=O) groups excluding carboxylic acids is 1. The number of nitrogens with zero attached hydrogens (tertiary/aromatic N) is 3. The molecule has 2 aromatic rings. The lowest BCUT2D eigenvalue weighted by Crippen LogP contribution is -2.47. The molecule has 8 nitrogen and oxygen atoms in total.